The van der Waals surface area contributed by atoms with Crippen molar-refractivity contribution in [3.8, 4) is 11.1 Å². The van der Waals surface area contributed by atoms with Gasteiger partial charge < -0.3 is 16.2 Å². The second-order valence-corrected chi connectivity index (χ2v) is 6.62. The van der Waals surface area contributed by atoms with Gasteiger partial charge in [-0.2, -0.15) is 4.98 Å². The standard InChI is InChI=1S/C14H13Cl2N5OS/c1-6(22)12-8(2-3-23-12)11-9(15)4-7(5-10(11)16)18-14-19-13(17)20-21-14/h2-6,22H,1H3,(H4,17,18,19,20,21). The Balaban J connectivity index is 1.99. The third-order valence-electron chi connectivity index (χ3n) is 3.14. The number of halogens is 2. The molecule has 120 valence electrons. The molecule has 5 N–H and O–H groups in total. The minimum Gasteiger partial charge on any atom is -0.388 e. The molecule has 0 aliphatic heterocycles. The van der Waals surface area contributed by atoms with Crippen LogP contribution in [0.4, 0.5) is 17.6 Å². The summed E-state index contributed by atoms with van der Waals surface area (Å²) in [6.45, 7) is 1.71. The number of anilines is 3. The van der Waals surface area contributed by atoms with Crippen LogP contribution in [-0.4, -0.2) is 20.3 Å². The van der Waals surface area contributed by atoms with Crippen molar-refractivity contribution in [1.29, 1.82) is 0 Å². The largest absolute Gasteiger partial charge is 0.388 e. The summed E-state index contributed by atoms with van der Waals surface area (Å²) in [6.07, 6.45) is -0.592. The first kappa shape index (κ1) is 16.1. The maximum atomic E-state index is 9.87. The summed E-state index contributed by atoms with van der Waals surface area (Å²) >= 11 is 14.3. The number of nitrogens with one attached hydrogen (secondary N) is 2. The van der Waals surface area contributed by atoms with E-state index in [9.17, 15) is 5.11 Å². The van der Waals surface area contributed by atoms with Crippen molar-refractivity contribution in [3.05, 3.63) is 38.5 Å². The highest BCUT2D eigenvalue weighted by Gasteiger charge is 2.18. The second-order valence-electron chi connectivity index (χ2n) is 4.86. The fraction of sp³-hybridized carbons (Fsp3) is 0.143. The summed E-state index contributed by atoms with van der Waals surface area (Å²) in [6, 6.07) is 5.33. The molecule has 1 unspecified atom stereocenters. The molecule has 0 aliphatic carbocycles. The number of hydrogen-bond donors (Lipinski definition) is 4. The van der Waals surface area contributed by atoms with Crippen LogP contribution in [0.1, 0.15) is 17.9 Å². The van der Waals surface area contributed by atoms with Crippen LogP contribution in [-0.2, 0) is 0 Å². The predicted molar refractivity (Wildman–Crippen MR) is 94.5 cm³/mol. The number of benzene rings is 1. The van der Waals surface area contributed by atoms with Crippen molar-refractivity contribution >= 4 is 52.1 Å². The minimum absolute atomic E-state index is 0.209. The lowest BCUT2D eigenvalue weighted by Crippen LogP contribution is -1.95. The van der Waals surface area contributed by atoms with E-state index in [2.05, 4.69) is 20.5 Å². The number of nitrogen functional groups attached to an aromatic ring is 1. The molecule has 0 saturated carbocycles. The zero-order chi connectivity index (χ0) is 16.6. The maximum Gasteiger partial charge on any atom is 0.248 e. The molecule has 2 aromatic heterocycles. The van der Waals surface area contributed by atoms with E-state index in [1.165, 1.54) is 11.3 Å². The number of H-pyrrole nitrogens is 1. The smallest absolute Gasteiger partial charge is 0.248 e. The molecule has 1 atom stereocenters. The molecule has 1 aromatic carbocycles. The van der Waals surface area contributed by atoms with Gasteiger partial charge in [-0.1, -0.05) is 23.2 Å². The van der Waals surface area contributed by atoms with Crippen molar-refractivity contribution in [2.45, 2.75) is 13.0 Å². The van der Waals surface area contributed by atoms with Gasteiger partial charge in [-0.15, -0.1) is 16.4 Å². The first-order valence-corrected chi connectivity index (χ1v) is 8.29. The summed E-state index contributed by atoms with van der Waals surface area (Å²) in [4.78, 5) is 4.77. The molecule has 3 rings (SSSR count). The fourth-order valence-corrected chi connectivity index (χ4v) is 3.75. The lowest BCUT2D eigenvalue weighted by Gasteiger charge is -2.12. The highest BCUT2D eigenvalue weighted by atomic mass is 35.5. The van der Waals surface area contributed by atoms with Crippen LogP contribution in [0, 0.1) is 0 Å². The number of aliphatic hydroxyl groups is 1. The average molecular weight is 370 g/mol. The van der Waals surface area contributed by atoms with Crippen molar-refractivity contribution in [1.82, 2.24) is 15.2 Å². The van der Waals surface area contributed by atoms with E-state index in [0.717, 1.165) is 10.4 Å². The number of rotatable bonds is 4. The van der Waals surface area contributed by atoms with Gasteiger partial charge in [0.1, 0.15) is 0 Å². The molecule has 0 bridgehead atoms. The SMILES string of the molecule is CC(O)c1sccc1-c1c(Cl)cc(Nc2n[nH]c(N)n2)cc1Cl. The first-order valence-electron chi connectivity index (χ1n) is 6.65. The summed E-state index contributed by atoms with van der Waals surface area (Å²) < 4.78 is 0. The monoisotopic (exact) mass is 369 g/mol. The van der Waals surface area contributed by atoms with Crippen LogP contribution in [0.3, 0.4) is 0 Å². The molecule has 0 radical (unpaired) electrons. The Morgan fingerprint density at radius 2 is 2.04 bits per heavy atom. The Labute approximate surface area is 146 Å². The van der Waals surface area contributed by atoms with E-state index < -0.39 is 6.10 Å². The van der Waals surface area contributed by atoms with Crippen molar-refractivity contribution in [3.63, 3.8) is 0 Å². The van der Waals surface area contributed by atoms with Gasteiger partial charge in [0.05, 0.1) is 16.1 Å². The number of hydrogen-bond acceptors (Lipinski definition) is 6. The molecule has 0 fully saturated rings. The number of aromatic amines is 1. The van der Waals surface area contributed by atoms with Gasteiger partial charge in [-0.05, 0) is 30.5 Å². The third kappa shape index (κ3) is 3.28. The molecular formula is C14H13Cl2N5OS. The molecule has 6 nitrogen and oxygen atoms in total. The third-order valence-corrected chi connectivity index (χ3v) is 4.83. The van der Waals surface area contributed by atoms with E-state index >= 15 is 0 Å². The van der Waals surface area contributed by atoms with Gasteiger partial charge in [0.25, 0.3) is 0 Å². The van der Waals surface area contributed by atoms with Gasteiger partial charge in [0, 0.05) is 21.7 Å². The van der Waals surface area contributed by atoms with Gasteiger partial charge in [0.15, 0.2) is 0 Å². The average Bonchev–Trinajstić information content (AvgIpc) is 3.07. The molecule has 2 heterocycles. The summed E-state index contributed by atoms with van der Waals surface area (Å²) in [5, 5.41) is 22.1. The van der Waals surface area contributed by atoms with Gasteiger partial charge in [-0.3, -0.25) is 0 Å². The molecule has 9 heteroatoms. The quantitative estimate of drug-likeness (QED) is 0.551. The molecule has 0 amide bonds. The summed E-state index contributed by atoms with van der Waals surface area (Å²) in [7, 11) is 0. The van der Waals surface area contributed by atoms with Crippen LogP contribution in [0.5, 0.6) is 0 Å². The second kappa shape index (κ2) is 6.37. The van der Waals surface area contributed by atoms with Crippen LogP contribution in [0.15, 0.2) is 23.6 Å². The van der Waals surface area contributed by atoms with Crippen molar-refractivity contribution in [2.24, 2.45) is 0 Å². The zero-order valence-electron chi connectivity index (χ0n) is 12.0. The van der Waals surface area contributed by atoms with E-state index in [4.69, 9.17) is 28.9 Å². The lowest BCUT2D eigenvalue weighted by molar-refractivity contribution is 0.203. The highest BCUT2D eigenvalue weighted by molar-refractivity contribution is 7.10. The van der Waals surface area contributed by atoms with Crippen molar-refractivity contribution < 1.29 is 5.11 Å². The molecule has 23 heavy (non-hydrogen) atoms. The van der Waals surface area contributed by atoms with Crippen LogP contribution in [0.2, 0.25) is 10.0 Å². The Morgan fingerprint density at radius 1 is 1.35 bits per heavy atom. The molecule has 0 aliphatic rings. The van der Waals surface area contributed by atoms with E-state index in [1.807, 2.05) is 11.4 Å². The first-order chi connectivity index (χ1) is 11.0. The molecule has 3 aromatic rings. The summed E-state index contributed by atoms with van der Waals surface area (Å²) in [5.41, 5.74) is 7.63. The van der Waals surface area contributed by atoms with Crippen LogP contribution < -0.4 is 11.1 Å². The Morgan fingerprint density at radius 3 is 2.61 bits per heavy atom. The fourth-order valence-electron chi connectivity index (χ4n) is 2.21. The van der Waals surface area contributed by atoms with Gasteiger partial charge in [0.2, 0.25) is 11.9 Å². The van der Waals surface area contributed by atoms with Gasteiger partial charge >= 0.3 is 0 Å². The number of aromatic nitrogens is 3. The Hall–Kier alpha value is -1.80. The van der Waals surface area contributed by atoms with Gasteiger partial charge in [-0.25, -0.2) is 5.10 Å². The predicted octanol–water partition coefficient (Wildman–Crippen LogP) is 4.22. The normalized spacial score (nSPS) is 12.3. The molecule has 0 spiro atoms. The van der Waals surface area contributed by atoms with Crippen LogP contribution >= 0.6 is 34.5 Å². The maximum absolute atomic E-state index is 9.87. The summed E-state index contributed by atoms with van der Waals surface area (Å²) in [5.74, 6) is 0.531. The minimum atomic E-state index is -0.592. The number of nitrogens with two attached hydrogens (primary N) is 1. The van der Waals surface area contributed by atoms with Crippen molar-refractivity contribution in [2.75, 3.05) is 11.1 Å². The number of nitrogens with zero attached hydrogens (tertiary/aromatic N) is 2. The molecular weight excluding hydrogens is 357 g/mol. The number of thiophene rings is 1. The van der Waals surface area contributed by atoms with E-state index in [1.54, 1.807) is 19.1 Å². The van der Waals surface area contributed by atoms with E-state index in [-0.39, 0.29) is 5.95 Å². The molecule has 0 saturated heterocycles. The lowest BCUT2D eigenvalue weighted by atomic mass is 10.0. The number of aliphatic hydroxyl groups excluding tert-OH is 1. The van der Waals surface area contributed by atoms with Crippen LogP contribution in [0.25, 0.3) is 11.1 Å². The Kier molecular flexibility index (Phi) is 4.45. The topological polar surface area (TPSA) is 99.8 Å². The van der Waals surface area contributed by atoms with E-state index in [0.29, 0.717) is 27.2 Å². The Bertz CT molecular complexity index is 822. The zero-order valence-corrected chi connectivity index (χ0v) is 14.3. The highest BCUT2D eigenvalue weighted by Crippen LogP contribution is 2.42.